The number of aldehydes is 1. The predicted octanol–water partition coefficient (Wildman–Crippen LogP) is 4.15. The Balaban J connectivity index is 2.44. The van der Waals surface area contributed by atoms with Crippen molar-refractivity contribution in [1.82, 2.24) is 0 Å². The fourth-order valence-electron chi connectivity index (χ4n) is 2.36. The molecule has 0 fully saturated rings. The molecule has 0 aliphatic heterocycles. The van der Waals surface area contributed by atoms with Gasteiger partial charge in [0.1, 0.15) is 6.29 Å². The number of carbonyl (C=O) groups is 2. The Morgan fingerprint density at radius 3 is 2.67 bits per heavy atom. The quantitative estimate of drug-likeness (QED) is 0.332. The fraction of sp³-hybridized carbons (Fsp3) is 0.200. The summed E-state index contributed by atoms with van der Waals surface area (Å²) in [5, 5.41) is 0. The number of ether oxygens (including phenoxy) is 2. The Morgan fingerprint density at radius 2 is 2.04 bits per heavy atom. The van der Waals surface area contributed by atoms with Gasteiger partial charge in [-0.25, -0.2) is 4.79 Å². The second-order valence-corrected chi connectivity index (χ2v) is 5.31. The number of aryl methyl sites for hydroxylation is 1. The van der Waals surface area contributed by atoms with Crippen LogP contribution in [0.4, 0.5) is 0 Å². The third kappa shape index (κ3) is 4.10. The van der Waals surface area contributed by atoms with Crippen LogP contribution in [0.5, 0.6) is 11.5 Å². The maximum absolute atomic E-state index is 12.5. The zero-order chi connectivity index (χ0) is 17.5. The molecule has 0 heterocycles. The van der Waals surface area contributed by atoms with Gasteiger partial charge in [0, 0.05) is 11.1 Å². The van der Waals surface area contributed by atoms with Crippen LogP contribution in [0.3, 0.4) is 0 Å². The molecule has 0 radical (unpaired) electrons. The molecule has 4 heteroatoms. The highest BCUT2D eigenvalue weighted by molar-refractivity contribution is 5.92. The van der Waals surface area contributed by atoms with E-state index in [0.29, 0.717) is 41.2 Å². The Hall–Kier alpha value is -2.88. The van der Waals surface area contributed by atoms with E-state index in [1.807, 2.05) is 19.9 Å². The van der Waals surface area contributed by atoms with Gasteiger partial charge in [-0.3, -0.25) is 4.79 Å². The summed E-state index contributed by atoms with van der Waals surface area (Å²) in [6.45, 7) is 7.83. The van der Waals surface area contributed by atoms with E-state index in [1.165, 1.54) is 0 Å². The number of esters is 1. The fourth-order valence-corrected chi connectivity index (χ4v) is 2.36. The van der Waals surface area contributed by atoms with Crippen LogP contribution in [0.15, 0.2) is 49.1 Å². The average Bonchev–Trinajstić information content (AvgIpc) is 2.57. The van der Waals surface area contributed by atoms with Crippen LogP contribution in [0.1, 0.15) is 38.8 Å². The highest BCUT2D eigenvalue weighted by Gasteiger charge is 2.18. The minimum Gasteiger partial charge on any atom is -0.490 e. The first-order valence-electron chi connectivity index (χ1n) is 7.73. The molecule has 0 aliphatic rings. The summed E-state index contributed by atoms with van der Waals surface area (Å²) in [5.74, 6) is 0.234. The lowest BCUT2D eigenvalue weighted by atomic mass is 10.1. The summed E-state index contributed by atoms with van der Waals surface area (Å²) in [4.78, 5) is 23.6. The Kier molecular flexibility index (Phi) is 5.90. The topological polar surface area (TPSA) is 52.6 Å². The van der Waals surface area contributed by atoms with Crippen LogP contribution in [-0.2, 0) is 6.42 Å². The lowest BCUT2D eigenvalue weighted by Gasteiger charge is -2.15. The van der Waals surface area contributed by atoms with E-state index in [9.17, 15) is 9.59 Å². The minimum atomic E-state index is -0.469. The van der Waals surface area contributed by atoms with Crippen molar-refractivity contribution < 1.29 is 19.1 Å². The molecule has 0 spiro atoms. The third-order valence-electron chi connectivity index (χ3n) is 3.40. The summed E-state index contributed by atoms with van der Waals surface area (Å²) >= 11 is 0. The molecular formula is C20H20O4. The highest BCUT2D eigenvalue weighted by Crippen LogP contribution is 2.34. The largest absolute Gasteiger partial charge is 0.490 e. The van der Waals surface area contributed by atoms with Crippen LogP contribution in [-0.4, -0.2) is 18.9 Å². The molecule has 2 aromatic rings. The number of hydrogen-bond donors (Lipinski definition) is 0. The van der Waals surface area contributed by atoms with Gasteiger partial charge < -0.3 is 9.47 Å². The van der Waals surface area contributed by atoms with Crippen molar-refractivity contribution in [2.45, 2.75) is 20.3 Å². The van der Waals surface area contributed by atoms with Crippen molar-refractivity contribution in [1.29, 1.82) is 0 Å². The summed E-state index contributed by atoms with van der Waals surface area (Å²) in [7, 11) is 0. The maximum atomic E-state index is 12.5. The first kappa shape index (κ1) is 17.5. The number of allylic oxidation sites excluding steroid dienone is 1. The van der Waals surface area contributed by atoms with Crippen molar-refractivity contribution in [2.24, 2.45) is 0 Å². The minimum absolute atomic E-state index is 0.328. The van der Waals surface area contributed by atoms with Gasteiger partial charge in [-0.15, -0.1) is 6.58 Å². The molecule has 0 amide bonds. The van der Waals surface area contributed by atoms with Crippen molar-refractivity contribution in [3.8, 4) is 11.5 Å². The van der Waals surface area contributed by atoms with Gasteiger partial charge in [0.25, 0.3) is 0 Å². The second kappa shape index (κ2) is 8.11. The van der Waals surface area contributed by atoms with E-state index < -0.39 is 5.97 Å². The maximum Gasteiger partial charge on any atom is 0.343 e. The molecule has 0 aliphatic carbocycles. The molecule has 0 unspecified atom stereocenters. The zero-order valence-corrected chi connectivity index (χ0v) is 13.9. The van der Waals surface area contributed by atoms with Crippen LogP contribution < -0.4 is 9.47 Å². The highest BCUT2D eigenvalue weighted by atomic mass is 16.6. The summed E-state index contributed by atoms with van der Waals surface area (Å²) in [6, 6.07) is 10.4. The Bertz CT molecular complexity index is 762. The molecular weight excluding hydrogens is 304 g/mol. The molecule has 0 saturated carbocycles. The van der Waals surface area contributed by atoms with E-state index in [1.54, 1.807) is 36.4 Å². The van der Waals surface area contributed by atoms with Crippen LogP contribution in [0, 0.1) is 6.92 Å². The molecule has 0 bridgehead atoms. The second-order valence-electron chi connectivity index (χ2n) is 5.31. The van der Waals surface area contributed by atoms with Crippen LogP contribution in [0.2, 0.25) is 0 Å². The predicted molar refractivity (Wildman–Crippen MR) is 93.0 cm³/mol. The monoisotopic (exact) mass is 324 g/mol. The molecule has 2 aromatic carbocycles. The van der Waals surface area contributed by atoms with E-state index in [-0.39, 0.29) is 0 Å². The van der Waals surface area contributed by atoms with Gasteiger partial charge in [-0.2, -0.15) is 0 Å². The molecule has 0 saturated heterocycles. The van der Waals surface area contributed by atoms with E-state index in [2.05, 4.69) is 6.58 Å². The molecule has 0 atom stereocenters. The van der Waals surface area contributed by atoms with Gasteiger partial charge in [-0.1, -0.05) is 23.8 Å². The van der Waals surface area contributed by atoms with Crippen molar-refractivity contribution in [2.75, 3.05) is 6.61 Å². The number of hydrogen-bond acceptors (Lipinski definition) is 4. The normalized spacial score (nSPS) is 10.1. The van der Waals surface area contributed by atoms with Crippen molar-refractivity contribution in [3.63, 3.8) is 0 Å². The van der Waals surface area contributed by atoms with Crippen LogP contribution in [0.25, 0.3) is 0 Å². The first-order chi connectivity index (χ1) is 11.6. The number of benzene rings is 2. The summed E-state index contributed by atoms with van der Waals surface area (Å²) < 4.78 is 11.2. The standard InChI is InChI=1S/C20H20O4/c1-4-7-16-11-15(13-21)12-18(23-5-2)19(16)24-20(22)17-9-6-8-14(3)10-17/h4,6,8-13H,1,5,7H2,2-3H3. The van der Waals surface area contributed by atoms with Gasteiger partial charge in [0.15, 0.2) is 11.5 Å². The number of rotatable bonds is 7. The molecule has 2 rings (SSSR count). The smallest absolute Gasteiger partial charge is 0.343 e. The lowest BCUT2D eigenvalue weighted by Crippen LogP contribution is -2.12. The molecule has 24 heavy (non-hydrogen) atoms. The van der Waals surface area contributed by atoms with Gasteiger partial charge >= 0.3 is 5.97 Å². The molecule has 4 nitrogen and oxygen atoms in total. The third-order valence-corrected chi connectivity index (χ3v) is 3.40. The number of carbonyl (C=O) groups excluding carboxylic acids is 2. The van der Waals surface area contributed by atoms with Gasteiger partial charge in [0.2, 0.25) is 0 Å². The summed E-state index contributed by atoms with van der Waals surface area (Å²) in [6.07, 6.45) is 2.88. The van der Waals surface area contributed by atoms with Crippen LogP contribution >= 0.6 is 0 Å². The average molecular weight is 324 g/mol. The first-order valence-corrected chi connectivity index (χ1v) is 7.73. The Morgan fingerprint density at radius 1 is 1.25 bits per heavy atom. The molecule has 0 aromatic heterocycles. The Labute approximate surface area is 141 Å². The molecule has 0 N–H and O–H groups in total. The SMILES string of the molecule is C=CCc1cc(C=O)cc(OCC)c1OC(=O)c1cccc(C)c1. The van der Waals surface area contributed by atoms with Crippen molar-refractivity contribution >= 4 is 12.3 Å². The van der Waals surface area contributed by atoms with E-state index >= 15 is 0 Å². The van der Waals surface area contributed by atoms with Gasteiger partial charge in [0.05, 0.1) is 12.2 Å². The lowest BCUT2D eigenvalue weighted by molar-refractivity contribution is 0.0726. The zero-order valence-electron chi connectivity index (χ0n) is 13.9. The summed E-state index contributed by atoms with van der Waals surface area (Å²) in [5.41, 5.74) is 2.57. The van der Waals surface area contributed by atoms with E-state index in [4.69, 9.17) is 9.47 Å². The van der Waals surface area contributed by atoms with Crippen molar-refractivity contribution in [3.05, 3.63) is 71.3 Å². The molecule has 124 valence electrons. The van der Waals surface area contributed by atoms with Gasteiger partial charge in [-0.05, 0) is 44.5 Å². The van der Waals surface area contributed by atoms with E-state index in [0.717, 1.165) is 11.8 Å².